The fourth-order valence-corrected chi connectivity index (χ4v) is 3.28. The molecule has 0 bridgehead atoms. The van der Waals surface area contributed by atoms with Crippen LogP contribution in [0.15, 0.2) is 53.8 Å². The molecule has 0 spiro atoms. The van der Waals surface area contributed by atoms with Gasteiger partial charge in [-0.05, 0) is 50.0 Å². The number of hydrogen-bond donors (Lipinski definition) is 0. The molecule has 1 aliphatic heterocycles. The van der Waals surface area contributed by atoms with Gasteiger partial charge in [-0.2, -0.15) is 5.10 Å². The maximum atomic E-state index is 12.2. The van der Waals surface area contributed by atoms with Crippen LogP contribution in [-0.2, 0) is 13.1 Å². The van der Waals surface area contributed by atoms with E-state index in [1.54, 1.807) is 40.1 Å². The molecule has 3 aromatic heterocycles. The molecule has 3 aromatic rings. The van der Waals surface area contributed by atoms with Gasteiger partial charge in [-0.3, -0.25) is 9.69 Å². The quantitative estimate of drug-likeness (QED) is 0.685. The molecule has 0 aromatic carbocycles. The third kappa shape index (κ3) is 3.85. The summed E-state index contributed by atoms with van der Waals surface area (Å²) < 4.78 is 3.23. The average Bonchev–Trinajstić information content (AvgIpc) is 3.21. The van der Waals surface area contributed by atoms with Gasteiger partial charge in [0.05, 0.1) is 6.54 Å². The van der Waals surface area contributed by atoms with Crippen molar-refractivity contribution in [2.45, 2.75) is 25.9 Å². The van der Waals surface area contributed by atoms with Gasteiger partial charge in [0.25, 0.3) is 5.56 Å². The van der Waals surface area contributed by atoms with Crippen LogP contribution >= 0.6 is 0 Å². The summed E-state index contributed by atoms with van der Waals surface area (Å²) in [7, 11) is 0. The van der Waals surface area contributed by atoms with Gasteiger partial charge >= 0.3 is 0 Å². The highest BCUT2D eigenvalue weighted by Gasteiger charge is 2.21. The van der Waals surface area contributed by atoms with Gasteiger partial charge in [-0.15, -0.1) is 5.10 Å². The van der Waals surface area contributed by atoms with E-state index in [2.05, 4.69) is 25.1 Å². The molecule has 0 amide bonds. The van der Waals surface area contributed by atoms with Crippen LogP contribution in [0.5, 0.6) is 0 Å². The van der Waals surface area contributed by atoms with E-state index in [-0.39, 0.29) is 5.56 Å². The summed E-state index contributed by atoms with van der Waals surface area (Å²) in [5.41, 5.74) is -0.0685. The highest BCUT2D eigenvalue weighted by Crippen LogP contribution is 2.19. The minimum Gasteiger partial charge on any atom is -0.296 e. The lowest BCUT2D eigenvalue weighted by molar-refractivity contribution is 0.160. The Morgan fingerprint density at radius 3 is 2.58 bits per heavy atom. The van der Waals surface area contributed by atoms with Crippen molar-refractivity contribution in [3.63, 3.8) is 0 Å². The van der Waals surface area contributed by atoms with E-state index >= 15 is 0 Å². The third-order valence-corrected chi connectivity index (χ3v) is 4.71. The SMILES string of the molecule is O=c1ccc(-n2cccn2)nn1CC1CCN(Cc2ncccn2)CC1. The highest BCUT2D eigenvalue weighted by atomic mass is 16.1. The summed E-state index contributed by atoms with van der Waals surface area (Å²) in [5, 5.41) is 8.64. The van der Waals surface area contributed by atoms with E-state index in [1.807, 2.05) is 18.3 Å². The largest absolute Gasteiger partial charge is 0.296 e. The first-order valence-corrected chi connectivity index (χ1v) is 8.84. The molecule has 8 heteroatoms. The summed E-state index contributed by atoms with van der Waals surface area (Å²) in [5.74, 6) is 1.96. The summed E-state index contributed by atoms with van der Waals surface area (Å²) in [6.45, 7) is 3.39. The minimum atomic E-state index is -0.0685. The van der Waals surface area contributed by atoms with Crippen LogP contribution in [0, 0.1) is 5.92 Å². The molecule has 0 radical (unpaired) electrons. The van der Waals surface area contributed by atoms with Crippen LogP contribution < -0.4 is 5.56 Å². The van der Waals surface area contributed by atoms with E-state index in [4.69, 9.17) is 0 Å². The van der Waals surface area contributed by atoms with Crippen LogP contribution in [0.1, 0.15) is 18.7 Å². The Balaban J connectivity index is 1.37. The Labute approximate surface area is 151 Å². The molecule has 26 heavy (non-hydrogen) atoms. The molecule has 4 rings (SSSR count). The average molecular weight is 351 g/mol. The van der Waals surface area contributed by atoms with Crippen molar-refractivity contribution in [2.75, 3.05) is 13.1 Å². The van der Waals surface area contributed by atoms with Crippen molar-refractivity contribution in [2.24, 2.45) is 5.92 Å². The predicted molar refractivity (Wildman–Crippen MR) is 95.7 cm³/mol. The van der Waals surface area contributed by atoms with Crippen molar-refractivity contribution in [3.05, 3.63) is 65.2 Å². The van der Waals surface area contributed by atoms with Gasteiger partial charge in [-0.25, -0.2) is 19.3 Å². The van der Waals surface area contributed by atoms with Crippen LogP contribution in [-0.4, -0.2) is 47.5 Å². The first kappa shape index (κ1) is 16.6. The molecule has 0 aliphatic carbocycles. The minimum absolute atomic E-state index is 0.0685. The van der Waals surface area contributed by atoms with Crippen molar-refractivity contribution in [1.82, 2.24) is 34.4 Å². The lowest BCUT2D eigenvalue weighted by Gasteiger charge is -2.31. The zero-order valence-corrected chi connectivity index (χ0v) is 14.5. The van der Waals surface area contributed by atoms with Crippen LogP contribution in [0.25, 0.3) is 5.82 Å². The van der Waals surface area contributed by atoms with Crippen molar-refractivity contribution >= 4 is 0 Å². The number of rotatable bonds is 5. The molecule has 0 saturated carbocycles. The van der Waals surface area contributed by atoms with Crippen LogP contribution in [0.4, 0.5) is 0 Å². The monoisotopic (exact) mass is 351 g/mol. The lowest BCUT2D eigenvalue weighted by atomic mass is 9.97. The molecule has 0 atom stereocenters. The first-order valence-electron chi connectivity index (χ1n) is 8.84. The van der Waals surface area contributed by atoms with E-state index in [1.165, 1.54) is 0 Å². The maximum absolute atomic E-state index is 12.2. The lowest BCUT2D eigenvalue weighted by Crippen LogP contribution is -2.36. The molecule has 0 N–H and O–H groups in total. The Hall–Kier alpha value is -2.87. The van der Waals surface area contributed by atoms with Crippen molar-refractivity contribution in [1.29, 1.82) is 0 Å². The Morgan fingerprint density at radius 2 is 1.85 bits per heavy atom. The second-order valence-corrected chi connectivity index (χ2v) is 6.55. The third-order valence-electron chi connectivity index (χ3n) is 4.71. The van der Waals surface area contributed by atoms with Gasteiger partial charge in [0.1, 0.15) is 5.82 Å². The number of hydrogen-bond acceptors (Lipinski definition) is 6. The topological polar surface area (TPSA) is 81.7 Å². The Morgan fingerprint density at radius 1 is 1.04 bits per heavy atom. The molecule has 1 fully saturated rings. The van der Waals surface area contributed by atoms with Crippen molar-refractivity contribution in [3.8, 4) is 5.82 Å². The van der Waals surface area contributed by atoms with Gasteiger partial charge in [0, 0.05) is 37.4 Å². The Kier molecular flexibility index (Phi) is 4.83. The second kappa shape index (κ2) is 7.57. The van der Waals surface area contributed by atoms with Gasteiger partial charge in [0.2, 0.25) is 0 Å². The van der Waals surface area contributed by atoms with Crippen LogP contribution in [0.3, 0.4) is 0 Å². The Bertz CT molecular complexity index is 883. The van der Waals surface area contributed by atoms with E-state index in [0.717, 1.165) is 38.3 Å². The summed E-state index contributed by atoms with van der Waals surface area (Å²) in [4.78, 5) is 23.1. The summed E-state index contributed by atoms with van der Waals surface area (Å²) in [6, 6.07) is 6.93. The number of aromatic nitrogens is 6. The predicted octanol–water partition coefficient (Wildman–Crippen LogP) is 1.13. The van der Waals surface area contributed by atoms with E-state index in [9.17, 15) is 4.79 Å². The molecule has 1 aliphatic rings. The molecule has 1 saturated heterocycles. The molecular formula is C18H21N7O. The van der Waals surface area contributed by atoms with Gasteiger partial charge in [0.15, 0.2) is 5.82 Å². The van der Waals surface area contributed by atoms with Gasteiger partial charge < -0.3 is 0 Å². The standard InChI is InChI=1S/C18H21N7O/c26-18-4-3-17(24-10-2-9-21-24)22-25(18)13-15-5-11-23(12-6-15)14-16-19-7-1-8-20-16/h1-4,7-10,15H,5-6,11-14H2. The first-order chi connectivity index (χ1) is 12.8. The molecule has 8 nitrogen and oxygen atoms in total. The fourth-order valence-electron chi connectivity index (χ4n) is 3.28. The summed E-state index contributed by atoms with van der Waals surface area (Å²) >= 11 is 0. The number of likely N-dealkylation sites (tertiary alicyclic amines) is 1. The number of piperidine rings is 1. The summed E-state index contributed by atoms with van der Waals surface area (Å²) in [6.07, 6.45) is 9.14. The highest BCUT2D eigenvalue weighted by molar-refractivity contribution is 5.17. The maximum Gasteiger partial charge on any atom is 0.266 e. The zero-order valence-electron chi connectivity index (χ0n) is 14.5. The zero-order chi connectivity index (χ0) is 17.8. The van der Waals surface area contributed by atoms with E-state index < -0.39 is 0 Å². The normalized spacial score (nSPS) is 16.0. The number of nitrogens with zero attached hydrogens (tertiary/aromatic N) is 7. The molecule has 0 unspecified atom stereocenters. The second-order valence-electron chi connectivity index (χ2n) is 6.55. The van der Waals surface area contributed by atoms with Crippen molar-refractivity contribution < 1.29 is 0 Å². The molecular weight excluding hydrogens is 330 g/mol. The van der Waals surface area contributed by atoms with Crippen LogP contribution in [0.2, 0.25) is 0 Å². The smallest absolute Gasteiger partial charge is 0.266 e. The molecule has 134 valence electrons. The van der Waals surface area contributed by atoms with Gasteiger partial charge in [-0.1, -0.05) is 0 Å². The van der Waals surface area contributed by atoms with E-state index in [0.29, 0.717) is 18.3 Å². The molecule has 4 heterocycles. The fraction of sp³-hybridized carbons (Fsp3) is 0.389.